The molecule has 4 rings (SSSR count). The van der Waals surface area contributed by atoms with Crippen molar-refractivity contribution in [3.63, 3.8) is 0 Å². The third kappa shape index (κ3) is 5.81. The van der Waals surface area contributed by atoms with Gasteiger partial charge >= 0.3 is 6.18 Å². The van der Waals surface area contributed by atoms with Gasteiger partial charge in [0.15, 0.2) is 0 Å². The Morgan fingerprint density at radius 1 is 0.622 bits per heavy atom. The lowest BCUT2D eigenvalue weighted by atomic mass is 9.95. The van der Waals surface area contributed by atoms with Gasteiger partial charge in [-0.3, -0.25) is 0 Å². The van der Waals surface area contributed by atoms with Crippen LogP contribution in [0.3, 0.4) is 0 Å². The lowest BCUT2D eigenvalue weighted by molar-refractivity contribution is -0.142. The van der Waals surface area contributed by atoms with Gasteiger partial charge in [0, 0.05) is 16.5 Å². The van der Waals surface area contributed by atoms with E-state index in [0.717, 1.165) is 49.8 Å². The number of rotatable bonds is 8. The van der Waals surface area contributed by atoms with Crippen molar-refractivity contribution in [3.05, 3.63) is 95.1 Å². The van der Waals surface area contributed by atoms with Gasteiger partial charge in [-0.15, -0.1) is 0 Å². The van der Waals surface area contributed by atoms with Crippen LogP contribution < -0.4 is 0 Å². The van der Waals surface area contributed by atoms with Crippen LogP contribution >= 0.6 is 0 Å². The Labute approximate surface area is 210 Å². The number of aryl methyl sites for hydroxylation is 1. The van der Waals surface area contributed by atoms with Crippen molar-refractivity contribution in [2.45, 2.75) is 51.6 Å². The molecule has 0 spiro atoms. The highest BCUT2D eigenvalue weighted by Crippen LogP contribution is 2.38. The molecule has 0 atom stereocenters. The molecule has 0 fully saturated rings. The summed E-state index contributed by atoms with van der Waals surface area (Å²) in [5.74, 6) is -4.63. The van der Waals surface area contributed by atoms with Crippen molar-refractivity contribution in [2.75, 3.05) is 0 Å². The number of benzene rings is 4. The maximum Gasteiger partial charge on any atom is 0.422 e. The van der Waals surface area contributed by atoms with Crippen LogP contribution in [0.25, 0.3) is 33.0 Å². The van der Waals surface area contributed by atoms with E-state index < -0.39 is 40.4 Å². The zero-order chi connectivity index (χ0) is 26.7. The SMILES string of the molecule is CCCCCCCc1ccc(-c2ccc(-c3ccc4c(F)c(C(F)(F)F)c(F)cc4c3)c(F)c2)c(F)c1. The molecule has 0 aromatic heterocycles. The average Bonchev–Trinajstić information content (AvgIpc) is 2.82. The highest BCUT2D eigenvalue weighted by atomic mass is 19.4. The van der Waals surface area contributed by atoms with E-state index in [4.69, 9.17) is 0 Å². The monoisotopic (exact) mass is 518 g/mol. The lowest BCUT2D eigenvalue weighted by Gasteiger charge is -2.13. The van der Waals surface area contributed by atoms with Crippen molar-refractivity contribution < 1.29 is 30.7 Å². The molecule has 0 bridgehead atoms. The van der Waals surface area contributed by atoms with Crippen LogP contribution in [0.5, 0.6) is 0 Å². The van der Waals surface area contributed by atoms with Crippen molar-refractivity contribution in [1.29, 1.82) is 0 Å². The molecule has 0 heterocycles. The van der Waals surface area contributed by atoms with Gasteiger partial charge in [0.2, 0.25) is 0 Å². The predicted molar refractivity (Wildman–Crippen MR) is 132 cm³/mol. The summed E-state index contributed by atoms with van der Waals surface area (Å²) in [6.45, 7) is 2.14. The molecule has 0 saturated heterocycles. The fourth-order valence-electron chi connectivity index (χ4n) is 4.56. The van der Waals surface area contributed by atoms with Gasteiger partial charge in [0.1, 0.15) is 28.8 Å². The Kier molecular flexibility index (Phi) is 7.90. The van der Waals surface area contributed by atoms with E-state index >= 15 is 4.39 Å². The minimum Gasteiger partial charge on any atom is -0.206 e. The smallest absolute Gasteiger partial charge is 0.206 e. The number of hydrogen-bond acceptors (Lipinski definition) is 0. The molecule has 0 aliphatic carbocycles. The Morgan fingerprint density at radius 2 is 1.24 bits per heavy atom. The summed E-state index contributed by atoms with van der Waals surface area (Å²) in [6.07, 6.45) is 1.12. The quantitative estimate of drug-likeness (QED) is 0.161. The van der Waals surface area contributed by atoms with Crippen LogP contribution in [0.1, 0.15) is 50.2 Å². The third-order valence-corrected chi connectivity index (χ3v) is 6.51. The minimum absolute atomic E-state index is 0.0653. The number of alkyl halides is 3. The second-order valence-electron chi connectivity index (χ2n) is 9.15. The second-order valence-corrected chi connectivity index (χ2v) is 9.15. The Balaban J connectivity index is 1.59. The maximum atomic E-state index is 15.1. The molecule has 0 unspecified atom stereocenters. The molecular formula is C30H25F7. The summed E-state index contributed by atoms with van der Waals surface area (Å²) < 4.78 is 97.3. The molecule has 7 heteroatoms. The van der Waals surface area contributed by atoms with Crippen LogP contribution in [0.2, 0.25) is 0 Å². The first kappa shape index (κ1) is 26.7. The molecule has 4 aromatic rings. The van der Waals surface area contributed by atoms with Gasteiger partial charge in [0.05, 0.1) is 0 Å². The van der Waals surface area contributed by atoms with E-state index in [1.54, 1.807) is 6.07 Å². The summed E-state index contributed by atoms with van der Waals surface area (Å²) in [6, 6.07) is 13.1. The van der Waals surface area contributed by atoms with E-state index in [2.05, 4.69) is 6.92 Å². The molecule has 0 aliphatic heterocycles. The molecule has 0 aliphatic rings. The van der Waals surface area contributed by atoms with Crippen LogP contribution in [0, 0.1) is 23.3 Å². The van der Waals surface area contributed by atoms with Crippen LogP contribution in [-0.4, -0.2) is 0 Å². The van der Waals surface area contributed by atoms with Crippen LogP contribution in [0.15, 0.2) is 60.7 Å². The molecule has 0 radical (unpaired) electrons. The fraction of sp³-hybridized carbons (Fsp3) is 0.267. The van der Waals surface area contributed by atoms with Gasteiger partial charge in [-0.1, -0.05) is 69.0 Å². The molecule has 0 nitrogen and oxygen atoms in total. The van der Waals surface area contributed by atoms with Gasteiger partial charge in [-0.05, 0) is 59.2 Å². The molecule has 37 heavy (non-hydrogen) atoms. The van der Waals surface area contributed by atoms with Crippen LogP contribution in [0.4, 0.5) is 30.7 Å². The first-order valence-electron chi connectivity index (χ1n) is 12.2. The zero-order valence-corrected chi connectivity index (χ0v) is 20.2. The minimum atomic E-state index is -5.19. The Morgan fingerprint density at radius 3 is 1.89 bits per heavy atom. The predicted octanol–water partition coefficient (Wildman–Crippen LogP) is 10.3. The molecule has 0 N–H and O–H groups in total. The molecule has 194 valence electrons. The van der Waals surface area contributed by atoms with Crippen molar-refractivity contribution >= 4 is 10.8 Å². The van der Waals surface area contributed by atoms with Crippen LogP contribution in [-0.2, 0) is 12.6 Å². The van der Waals surface area contributed by atoms with Crippen molar-refractivity contribution in [3.8, 4) is 22.3 Å². The number of hydrogen-bond donors (Lipinski definition) is 0. The number of unbranched alkanes of at least 4 members (excludes halogenated alkanes) is 4. The van der Waals surface area contributed by atoms with Crippen molar-refractivity contribution in [1.82, 2.24) is 0 Å². The third-order valence-electron chi connectivity index (χ3n) is 6.51. The normalized spacial score (nSPS) is 11.9. The zero-order valence-electron chi connectivity index (χ0n) is 20.2. The van der Waals surface area contributed by atoms with Gasteiger partial charge < -0.3 is 0 Å². The molecule has 0 saturated carbocycles. The van der Waals surface area contributed by atoms with E-state index in [-0.39, 0.29) is 22.1 Å². The Hall–Kier alpha value is -3.35. The first-order chi connectivity index (χ1) is 17.6. The molecule has 4 aromatic carbocycles. The molecule has 0 amide bonds. The van der Waals surface area contributed by atoms with Gasteiger partial charge in [0.25, 0.3) is 0 Å². The summed E-state index contributed by atoms with van der Waals surface area (Å²) in [4.78, 5) is 0. The summed E-state index contributed by atoms with van der Waals surface area (Å²) >= 11 is 0. The topological polar surface area (TPSA) is 0 Å². The summed E-state index contributed by atoms with van der Waals surface area (Å²) in [5.41, 5.74) is -0.250. The summed E-state index contributed by atoms with van der Waals surface area (Å²) in [7, 11) is 0. The number of halogens is 7. The Bertz CT molecular complexity index is 1420. The van der Waals surface area contributed by atoms with E-state index in [9.17, 15) is 26.3 Å². The summed E-state index contributed by atoms with van der Waals surface area (Å²) in [5, 5.41) is -0.567. The highest BCUT2D eigenvalue weighted by Gasteiger charge is 2.38. The lowest BCUT2D eigenvalue weighted by Crippen LogP contribution is -2.11. The highest BCUT2D eigenvalue weighted by molar-refractivity contribution is 5.89. The van der Waals surface area contributed by atoms with Gasteiger partial charge in [-0.25, -0.2) is 17.6 Å². The van der Waals surface area contributed by atoms with Crippen molar-refractivity contribution in [2.24, 2.45) is 0 Å². The number of fused-ring (bicyclic) bond motifs is 1. The van der Waals surface area contributed by atoms with E-state index in [0.29, 0.717) is 11.6 Å². The van der Waals surface area contributed by atoms with Gasteiger partial charge in [-0.2, -0.15) is 13.2 Å². The first-order valence-corrected chi connectivity index (χ1v) is 12.2. The van der Waals surface area contributed by atoms with E-state index in [1.807, 2.05) is 6.07 Å². The molecular weight excluding hydrogens is 493 g/mol. The average molecular weight is 519 g/mol. The second kappa shape index (κ2) is 11.0. The van der Waals surface area contributed by atoms with E-state index in [1.165, 1.54) is 36.8 Å². The largest absolute Gasteiger partial charge is 0.422 e. The fourth-order valence-corrected chi connectivity index (χ4v) is 4.56. The standard InChI is InChI=1S/C30H25F7/c1-2-3-4-5-6-7-18-8-11-22(25(31)14-18)20-9-12-23(26(32)16-20)19-10-13-24-21(15-19)17-27(33)28(29(24)34)30(35,36)37/h8-17H,2-7H2,1H3. The maximum absolute atomic E-state index is 15.1.